The van der Waals surface area contributed by atoms with Crippen LogP contribution in [-0.4, -0.2) is 25.2 Å². The maximum absolute atomic E-state index is 12.0. The number of hydrogen-bond donors (Lipinski definition) is 1. The van der Waals surface area contributed by atoms with Crippen LogP contribution < -0.4 is 5.32 Å². The van der Waals surface area contributed by atoms with Crippen molar-refractivity contribution >= 4 is 44.4 Å². The second kappa shape index (κ2) is 7.91. The lowest BCUT2D eigenvalue weighted by molar-refractivity contribution is 0.0769. The SMILES string of the molecule is C=CCOC(C)CNC(=O)c1cc(I)ccc1Br. The van der Waals surface area contributed by atoms with Crippen LogP contribution in [-0.2, 0) is 4.74 Å². The molecular weight excluding hydrogens is 409 g/mol. The molecule has 98 valence electrons. The van der Waals surface area contributed by atoms with Gasteiger partial charge in [0, 0.05) is 14.6 Å². The molecule has 1 unspecified atom stereocenters. The van der Waals surface area contributed by atoms with E-state index in [1.807, 2.05) is 25.1 Å². The Hall–Kier alpha value is -0.400. The predicted octanol–water partition coefficient (Wildman–Crippen LogP) is 3.37. The topological polar surface area (TPSA) is 38.3 Å². The molecule has 3 nitrogen and oxygen atoms in total. The molecule has 0 heterocycles. The fourth-order valence-corrected chi connectivity index (χ4v) is 2.21. The smallest absolute Gasteiger partial charge is 0.252 e. The van der Waals surface area contributed by atoms with Crippen molar-refractivity contribution in [3.63, 3.8) is 0 Å². The molecule has 5 heteroatoms. The lowest BCUT2D eigenvalue weighted by Crippen LogP contribution is -2.32. The summed E-state index contributed by atoms with van der Waals surface area (Å²) in [5, 5.41) is 2.84. The van der Waals surface area contributed by atoms with E-state index >= 15 is 0 Å². The van der Waals surface area contributed by atoms with Crippen molar-refractivity contribution in [2.45, 2.75) is 13.0 Å². The fraction of sp³-hybridized carbons (Fsp3) is 0.308. The molecular formula is C13H15BrINO2. The van der Waals surface area contributed by atoms with Crippen LogP contribution in [0.5, 0.6) is 0 Å². The highest BCUT2D eigenvalue weighted by Crippen LogP contribution is 2.19. The number of halogens is 2. The van der Waals surface area contributed by atoms with E-state index in [2.05, 4.69) is 50.4 Å². The number of ether oxygens (including phenoxy) is 1. The van der Waals surface area contributed by atoms with E-state index in [9.17, 15) is 4.79 Å². The maximum atomic E-state index is 12.0. The molecule has 1 N–H and O–H groups in total. The minimum Gasteiger partial charge on any atom is -0.373 e. The van der Waals surface area contributed by atoms with Crippen LogP contribution in [0.15, 0.2) is 35.3 Å². The van der Waals surface area contributed by atoms with Crippen LogP contribution in [0.25, 0.3) is 0 Å². The Morgan fingerprint density at radius 3 is 3.06 bits per heavy atom. The molecule has 0 bridgehead atoms. The van der Waals surface area contributed by atoms with Gasteiger partial charge in [-0.1, -0.05) is 6.08 Å². The summed E-state index contributed by atoms with van der Waals surface area (Å²) in [4.78, 5) is 12.0. The molecule has 1 amide bonds. The van der Waals surface area contributed by atoms with Crippen LogP contribution >= 0.6 is 38.5 Å². The van der Waals surface area contributed by atoms with E-state index in [-0.39, 0.29) is 12.0 Å². The summed E-state index contributed by atoms with van der Waals surface area (Å²) in [6.45, 7) is 6.45. The van der Waals surface area contributed by atoms with Gasteiger partial charge in [0.25, 0.3) is 5.91 Å². The molecule has 0 aliphatic rings. The van der Waals surface area contributed by atoms with Gasteiger partial charge in [-0.15, -0.1) is 6.58 Å². The van der Waals surface area contributed by atoms with Gasteiger partial charge in [-0.2, -0.15) is 0 Å². The third-order valence-electron chi connectivity index (χ3n) is 2.22. The molecule has 0 radical (unpaired) electrons. The molecule has 0 aliphatic carbocycles. The van der Waals surface area contributed by atoms with E-state index < -0.39 is 0 Å². The van der Waals surface area contributed by atoms with Gasteiger partial charge in [0.1, 0.15) is 0 Å². The van der Waals surface area contributed by atoms with Gasteiger partial charge < -0.3 is 10.1 Å². The number of rotatable bonds is 6. The van der Waals surface area contributed by atoms with Crippen molar-refractivity contribution in [1.29, 1.82) is 0 Å². The first-order valence-electron chi connectivity index (χ1n) is 5.50. The lowest BCUT2D eigenvalue weighted by Gasteiger charge is -2.13. The van der Waals surface area contributed by atoms with Crippen LogP contribution in [0.3, 0.4) is 0 Å². The summed E-state index contributed by atoms with van der Waals surface area (Å²) >= 11 is 5.55. The zero-order chi connectivity index (χ0) is 13.5. The van der Waals surface area contributed by atoms with Crippen LogP contribution in [0.1, 0.15) is 17.3 Å². The first-order chi connectivity index (χ1) is 8.54. The minimum absolute atomic E-state index is 0.0338. The van der Waals surface area contributed by atoms with Gasteiger partial charge in [0.2, 0.25) is 0 Å². The van der Waals surface area contributed by atoms with Crippen molar-refractivity contribution < 1.29 is 9.53 Å². The molecule has 0 saturated heterocycles. The molecule has 18 heavy (non-hydrogen) atoms. The number of carbonyl (C=O) groups is 1. The van der Waals surface area contributed by atoms with E-state index in [1.165, 1.54) is 0 Å². The zero-order valence-corrected chi connectivity index (χ0v) is 13.8. The average molecular weight is 424 g/mol. The van der Waals surface area contributed by atoms with Gasteiger partial charge in [0.15, 0.2) is 0 Å². The quantitative estimate of drug-likeness (QED) is 0.562. The Morgan fingerprint density at radius 1 is 1.67 bits per heavy atom. The summed E-state index contributed by atoms with van der Waals surface area (Å²) in [6, 6.07) is 5.65. The second-order valence-corrected chi connectivity index (χ2v) is 5.87. The Balaban J connectivity index is 2.55. The lowest BCUT2D eigenvalue weighted by atomic mass is 10.2. The molecule has 0 aromatic heterocycles. The largest absolute Gasteiger partial charge is 0.373 e. The van der Waals surface area contributed by atoms with Crippen molar-refractivity contribution in [2.75, 3.05) is 13.2 Å². The standard InChI is InChI=1S/C13H15BrINO2/c1-3-6-18-9(2)8-16-13(17)11-7-10(15)4-5-12(11)14/h3-5,7,9H,1,6,8H2,2H3,(H,16,17). The highest BCUT2D eigenvalue weighted by atomic mass is 127. The number of nitrogens with one attached hydrogen (secondary N) is 1. The van der Waals surface area contributed by atoms with E-state index in [0.29, 0.717) is 18.7 Å². The second-order valence-electron chi connectivity index (χ2n) is 3.77. The highest BCUT2D eigenvalue weighted by Gasteiger charge is 2.11. The zero-order valence-electron chi connectivity index (χ0n) is 10.1. The first kappa shape index (κ1) is 15.7. The van der Waals surface area contributed by atoms with E-state index in [1.54, 1.807) is 6.08 Å². The first-order valence-corrected chi connectivity index (χ1v) is 7.37. The molecule has 1 aromatic carbocycles. The van der Waals surface area contributed by atoms with Gasteiger partial charge in [-0.3, -0.25) is 4.79 Å². The minimum atomic E-state index is -0.102. The normalized spacial score (nSPS) is 11.9. The van der Waals surface area contributed by atoms with Crippen molar-refractivity contribution in [1.82, 2.24) is 5.32 Å². The Labute approximate surface area is 129 Å². The number of carbonyl (C=O) groups excluding carboxylic acids is 1. The highest BCUT2D eigenvalue weighted by molar-refractivity contribution is 14.1. The summed E-state index contributed by atoms with van der Waals surface area (Å²) in [5.74, 6) is -0.102. The third-order valence-corrected chi connectivity index (χ3v) is 3.58. The molecule has 1 atom stereocenters. The Bertz CT molecular complexity index is 437. The molecule has 1 rings (SSSR count). The summed E-state index contributed by atoms with van der Waals surface area (Å²) < 4.78 is 7.20. The van der Waals surface area contributed by atoms with Crippen LogP contribution in [0.2, 0.25) is 0 Å². The van der Waals surface area contributed by atoms with Gasteiger partial charge in [-0.05, 0) is 63.6 Å². The Morgan fingerprint density at radius 2 is 2.39 bits per heavy atom. The van der Waals surface area contributed by atoms with Gasteiger partial charge >= 0.3 is 0 Å². The van der Waals surface area contributed by atoms with Crippen molar-refractivity contribution in [2.24, 2.45) is 0 Å². The maximum Gasteiger partial charge on any atom is 0.252 e. The van der Waals surface area contributed by atoms with Crippen LogP contribution in [0.4, 0.5) is 0 Å². The predicted molar refractivity (Wildman–Crippen MR) is 84.8 cm³/mol. The summed E-state index contributed by atoms with van der Waals surface area (Å²) in [6.07, 6.45) is 1.66. The number of hydrogen-bond acceptors (Lipinski definition) is 2. The molecule has 0 fully saturated rings. The van der Waals surface area contributed by atoms with E-state index in [4.69, 9.17) is 4.74 Å². The van der Waals surface area contributed by atoms with Crippen molar-refractivity contribution in [3.8, 4) is 0 Å². The number of benzene rings is 1. The number of amides is 1. The van der Waals surface area contributed by atoms with Crippen molar-refractivity contribution in [3.05, 3.63) is 44.5 Å². The third kappa shape index (κ3) is 5.07. The van der Waals surface area contributed by atoms with Gasteiger partial charge in [0.05, 0.1) is 18.3 Å². The molecule has 1 aromatic rings. The van der Waals surface area contributed by atoms with Crippen LogP contribution in [0, 0.1) is 3.57 Å². The molecule has 0 aliphatic heterocycles. The fourth-order valence-electron chi connectivity index (χ4n) is 1.29. The van der Waals surface area contributed by atoms with Gasteiger partial charge in [-0.25, -0.2) is 0 Å². The average Bonchev–Trinajstić information content (AvgIpc) is 2.36. The molecule has 0 spiro atoms. The molecule has 0 saturated carbocycles. The summed E-state index contributed by atoms with van der Waals surface area (Å²) in [7, 11) is 0. The summed E-state index contributed by atoms with van der Waals surface area (Å²) in [5.41, 5.74) is 0.637. The Kier molecular flexibility index (Phi) is 6.88. The monoisotopic (exact) mass is 423 g/mol. The van der Waals surface area contributed by atoms with E-state index in [0.717, 1.165) is 8.04 Å².